The molecule has 1 aliphatic carbocycles. The highest BCUT2D eigenvalue weighted by Crippen LogP contribution is 2.20. The number of aromatic nitrogens is 1. The third-order valence-corrected chi connectivity index (χ3v) is 4.16. The number of pyridine rings is 1. The fourth-order valence-corrected chi connectivity index (χ4v) is 2.70. The molecule has 0 aromatic carbocycles. The van der Waals surface area contributed by atoms with Crippen LogP contribution < -0.4 is 10.6 Å². The first kappa shape index (κ1) is 17.5. The molecule has 1 heterocycles. The Morgan fingerprint density at radius 1 is 1.26 bits per heavy atom. The summed E-state index contributed by atoms with van der Waals surface area (Å²) in [4.78, 5) is 16.2. The van der Waals surface area contributed by atoms with E-state index < -0.39 is 0 Å². The molecule has 0 atom stereocenters. The molecular weight excluding hydrogens is 286 g/mol. The van der Waals surface area contributed by atoms with Gasteiger partial charge in [0.25, 0.3) is 5.91 Å². The second-order valence-corrected chi connectivity index (χ2v) is 6.66. The summed E-state index contributed by atoms with van der Waals surface area (Å²) in [6, 6.07) is 3.71. The third kappa shape index (κ3) is 6.43. The minimum Gasteiger partial charge on any atom is -0.383 e. The van der Waals surface area contributed by atoms with Crippen molar-refractivity contribution in [1.29, 1.82) is 0 Å². The van der Waals surface area contributed by atoms with E-state index in [-0.39, 0.29) is 5.91 Å². The molecule has 0 aliphatic heterocycles. The molecule has 4 nitrogen and oxygen atoms in total. The van der Waals surface area contributed by atoms with Crippen molar-refractivity contribution in [3.63, 3.8) is 0 Å². The lowest BCUT2D eigenvalue weighted by atomic mass is 9.97. The minimum atomic E-state index is -0.0930. The van der Waals surface area contributed by atoms with Crippen LogP contribution in [-0.2, 0) is 0 Å². The molecule has 0 fully saturated rings. The van der Waals surface area contributed by atoms with Crippen molar-refractivity contribution in [2.24, 2.45) is 5.92 Å². The van der Waals surface area contributed by atoms with Gasteiger partial charge in [0.15, 0.2) is 0 Å². The maximum Gasteiger partial charge on any atom is 0.269 e. The van der Waals surface area contributed by atoms with E-state index in [9.17, 15) is 4.79 Å². The van der Waals surface area contributed by atoms with E-state index in [0.717, 1.165) is 25.1 Å². The number of allylic oxidation sites excluding steroid dienone is 1. The monoisotopic (exact) mass is 315 g/mol. The van der Waals surface area contributed by atoms with Gasteiger partial charge in [-0.05, 0) is 56.6 Å². The van der Waals surface area contributed by atoms with Gasteiger partial charge in [0.2, 0.25) is 0 Å². The fourth-order valence-electron chi connectivity index (χ4n) is 2.70. The highest BCUT2D eigenvalue weighted by Gasteiger charge is 2.07. The standard InChI is InChI=1S/C19H29N3O/c1-15(2)10-12-21-19(23)18-9-8-17(14-22-18)20-13-11-16-6-4-3-5-7-16/h6,8-9,14-15,20H,3-5,7,10-13H2,1-2H3,(H,21,23). The Balaban J connectivity index is 1.73. The Labute approximate surface area is 139 Å². The van der Waals surface area contributed by atoms with Crippen molar-refractivity contribution >= 4 is 11.6 Å². The first-order chi connectivity index (χ1) is 11.1. The number of rotatable bonds is 8. The van der Waals surface area contributed by atoms with Crippen LogP contribution in [0.3, 0.4) is 0 Å². The normalized spacial score (nSPS) is 14.5. The van der Waals surface area contributed by atoms with Crippen LogP contribution in [0.2, 0.25) is 0 Å². The summed E-state index contributed by atoms with van der Waals surface area (Å²) >= 11 is 0. The Kier molecular flexibility index (Phi) is 7.11. The lowest BCUT2D eigenvalue weighted by Gasteiger charge is -2.13. The van der Waals surface area contributed by atoms with Crippen molar-refractivity contribution in [3.8, 4) is 0 Å². The van der Waals surface area contributed by atoms with Gasteiger partial charge in [0.1, 0.15) is 5.69 Å². The Bertz CT molecular complexity index is 520. The van der Waals surface area contributed by atoms with Crippen LogP contribution in [0.5, 0.6) is 0 Å². The number of carbonyl (C=O) groups excluding carboxylic acids is 1. The molecule has 0 radical (unpaired) electrons. The van der Waals surface area contributed by atoms with E-state index in [1.54, 1.807) is 17.8 Å². The summed E-state index contributed by atoms with van der Waals surface area (Å²) in [7, 11) is 0. The number of nitrogens with one attached hydrogen (secondary N) is 2. The highest BCUT2D eigenvalue weighted by molar-refractivity contribution is 5.92. The lowest BCUT2D eigenvalue weighted by molar-refractivity contribution is 0.0947. The summed E-state index contributed by atoms with van der Waals surface area (Å²) in [6.45, 7) is 5.92. The molecule has 4 heteroatoms. The number of amides is 1. The molecule has 2 N–H and O–H groups in total. The predicted molar refractivity (Wildman–Crippen MR) is 95.7 cm³/mol. The van der Waals surface area contributed by atoms with E-state index in [1.165, 1.54) is 25.7 Å². The molecule has 0 saturated carbocycles. The molecule has 0 unspecified atom stereocenters. The molecule has 0 bridgehead atoms. The average molecular weight is 315 g/mol. The molecule has 23 heavy (non-hydrogen) atoms. The molecule has 2 rings (SSSR count). The smallest absolute Gasteiger partial charge is 0.269 e. The summed E-state index contributed by atoms with van der Waals surface area (Å²) in [6.07, 6.45) is 11.3. The van der Waals surface area contributed by atoms with Gasteiger partial charge >= 0.3 is 0 Å². The van der Waals surface area contributed by atoms with E-state index in [1.807, 2.05) is 6.07 Å². The highest BCUT2D eigenvalue weighted by atomic mass is 16.1. The molecule has 1 amide bonds. The fraction of sp³-hybridized carbons (Fsp3) is 0.579. The largest absolute Gasteiger partial charge is 0.383 e. The molecule has 1 aliphatic rings. The van der Waals surface area contributed by atoms with E-state index in [4.69, 9.17) is 0 Å². The van der Waals surface area contributed by atoms with Gasteiger partial charge in [-0.1, -0.05) is 25.5 Å². The zero-order chi connectivity index (χ0) is 16.5. The Hall–Kier alpha value is -1.84. The number of anilines is 1. The maximum absolute atomic E-state index is 12.0. The second-order valence-electron chi connectivity index (χ2n) is 6.66. The molecule has 0 saturated heterocycles. The van der Waals surface area contributed by atoms with Crippen LogP contribution in [0.25, 0.3) is 0 Å². The second kappa shape index (κ2) is 9.33. The van der Waals surface area contributed by atoms with Crippen molar-refractivity contribution < 1.29 is 4.79 Å². The Morgan fingerprint density at radius 3 is 2.78 bits per heavy atom. The summed E-state index contributed by atoms with van der Waals surface area (Å²) in [5, 5.41) is 6.29. The summed E-state index contributed by atoms with van der Waals surface area (Å²) < 4.78 is 0. The zero-order valence-corrected chi connectivity index (χ0v) is 14.4. The molecular formula is C19H29N3O. The van der Waals surface area contributed by atoms with Crippen LogP contribution in [0.4, 0.5) is 5.69 Å². The number of nitrogens with zero attached hydrogens (tertiary/aromatic N) is 1. The van der Waals surface area contributed by atoms with Crippen LogP contribution in [0.15, 0.2) is 30.0 Å². The van der Waals surface area contributed by atoms with Crippen LogP contribution in [0.1, 0.15) is 62.9 Å². The first-order valence-electron chi connectivity index (χ1n) is 8.81. The quantitative estimate of drug-likeness (QED) is 0.708. The first-order valence-corrected chi connectivity index (χ1v) is 8.81. The van der Waals surface area contributed by atoms with Gasteiger partial charge < -0.3 is 10.6 Å². The van der Waals surface area contributed by atoms with Gasteiger partial charge in [-0.3, -0.25) is 4.79 Å². The van der Waals surface area contributed by atoms with Gasteiger partial charge in [0, 0.05) is 13.1 Å². The molecule has 1 aromatic heterocycles. The SMILES string of the molecule is CC(C)CCNC(=O)c1ccc(NCCC2=CCCCC2)cn1. The van der Waals surface area contributed by atoms with Gasteiger partial charge in [-0.25, -0.2) is 4.98 Å². The van der Waals surface area contributed by atoms with Crippen molar-refractivity contribution in [1.82, 2.24) is 10.3 Å². The predicted octanol–water partition coefficient (Wildman–Crippen LogP) is 4.16. The molecule has 0 spiro atoms. The molecule has 1 aromatic rings. The van der Waals surface area contributed by atoms with Gasteiger partial charge in [-0.2, -0.15) is 0 Å². The molecule has 126 valence electrons. The van der Waals surface area contributed by atoms with E-state index in [2.05, 4.69) is 35.5 Å². The van der Waals surface area contributed by atoms with Crippen molar-refractivity contribution in [3.05, 3.63) is 35.7 Å². The zero-order valence-electron chi connectivity index (χ0n) is 14.4. The summed E-state index contributed by atoms with van der Waals surface area (Å²) in [5.41, 5.74) is 3.02. The van der Waals surface area contributed by atoms with Crippen molar-refractivity contribution in [2.45, 2.75) is 52.4 Å². The van der Waals surface area contributed by atoms with Crippen LogP contribution in [0, 0.1) is 5.92 Å². The van der Waals surface area contributed by atoms with Gasteiger partial charge in [-0.15, -0.1) is 0 Å². The number of hydrogen-bond donors (Lipinski definition) is 2. The number of carbonyl (C=O) groups is 1. The maximum atomic E-state index is 12.0. The Morgan fingerprint density at radius 2 is 2.13 bits per heavy atom. The van der Waals surface area contributed by atoms with Gasteiger partial charge in [0.05, 0.1) is 11.9 Å². The summed E-state index contributed by atoms with van der Waals surface area (Å²) in [5.74, 6) is 0.499. The number of hydrogen-bond acceptors (Lipinski definition) is 3. The lowest BCUT2D eigenvalue weighted by Crippen LogP contribution is -2.26. The van der Waals surface area contributed by atoms with Crippen molar-refractivity contribution in [2.75, 3.05) is 18.4 Å². The average Bonchev–Trinajstić information content (AvgIpc) is 2.56. The topological polar surface area (TPSA) is 54.0 Å². The third-order valence-electron chi connectivity index (χ3n) is 4.16. The van der Waals surface area contributed by atoms with Crippen LogP contribution >= 0.6 is 0 Å². The minimum absolute atomic E-state index is 0.0930. The van der Waals surface area contributed by atoms with E-state index >= 15 is 0 Å². The van der Waals surface area contributed by atoms with Crippen LogP contribution in [-0.4, -0.2) is 24.0 Å². The van der Waals surface area contributed by atoms with E-state index in [0.29, 0.717) is 18.2 Å².